The van der Waals surface area contributed by atoms with Crippen molar-refractivity contribution in [2.45, 2.75) is 16.7 Å². The van der Waals surface area contributed by atoms with Gasteiger partial charge in [0.2, 0.25) is 10.2 Å². The van der Waals surface area contributed by atoms with Gasteiger partial charge in [0.25, 0.3) is 10.0 Å². The van der Waals surface area contributed by atoms with E-state index in [1.54, 1.807) is 4.90 Å². The van der Waals surface area contributed by atoms with Crippen LogP contribution in [0, 0.1) is 5.92 Å². The summed E-state index contributed by atoms with van der Waals surface area (Å²) in [6.07, 6.45) is 1.77. The van der Waals surface area contributed by atoms with Crippen molar-refractivity contribution in [3.8, 4) is 0 Å². The van der Waals surface area contributed by atoms with Gasteiger partial charge in [-0.3, -0.25) is 4.79 Å². The maximum atomic E-state index is 13.4. The van der Waals surface area contributed by atoms with Gasteiger partial charge in [-0.1, -0.05) is 41.7 Å². The number of sulfonamides is 1. The molecule has 1 amide bonds. The summed E-state index contributed by atoms with van der Waals surface area (Å²) in [7, 11) is -2.75. The van der Waals surface area contributed by atoms with E-state index in [0.717, 1.165) is 16.9 Å². The van der Waals surface area contributed by atoms with E-state index >= 15 is 0 Å². The third-order valence-corrected chi connectivity index (χ3v) is 8.97. The quantitative estimate of drug-likeness (QED) is 0.600. The number of ether oxygens (including phenoxy) is 2. The van der Waals surface area contributed by atoms with E-state index in [1.165, 1.54) is 17.6 Å². The van der Waals surface area contributed by atoms with Crippen LogP contribution in [0.25, 0.3) is 0 Å². The van der Waals surface area contributed by atoms with Crippen molar-refractivity contribution < 1.29 is 27.5 Å². The second-order valence-electron chi connectivity index (χ2n) is 7.78. The van der Waals surface area contributed by atoms with Gasteiger partial charge in [-0.2, -0.15) is 4.31 Å². The fourth-order valence-corrected chi connectivity index (χ4v) is 6.86. The Kier molecular flexibility index (Phi) is 6.89. The zero-order valence-electron chi connectivity index (χ0n) is 17.7. The Bertz CT molecular complexity index is 1070. The van der Waals surface area contributed by atoms with E-state index in [4.69, 9.17) is 4.74 Å². The molecular weight excluding hydrogens is 454 g/mol. The number of hydrogen-bond acceptors (Lipinski definition) is 8. The van der Waals surface area contributed by atoms with Crippen molar-refractivity contribution in [1.82, 2.24) is 14.2 Å². The van der Waals surface area contributed by atoms with Crippen LogP contribution in [-0.4, -0.2) is 81.0 Å². The first-order chi connectivity index (χ1) is 15.4. The summed E-state index contributed by atoms with van der Waals surface area (Å²) in [6, 6.07) is 9.63. The van der Waals surface area contributed by atoms with Gasteiger partial charge in [-0.25, -0.2) is 18.2 Å². The molecule has 0 radical (unpaired) electrons. The number of methoxy groups -OCH3 is 1. The lowest BCUT2D eigenvalue weighted by molar-refractivity contribution is -0.141. The smallest absolute Gasteiger partial charge is 0.349 e. The number of benzene rings is 1. The van der Waals surface area contributed by atoms with Crippen LogP contribution in [-0.2, 0) is 24.3 Å². The molecule has 32 heavy (non-hydrogen) atoms. The van der Waals surface area contributed by atoms with E-state index in [1.807, 2.05) is 30.3 Å². The van der Waals surface area contributed by atoms with Crippen LogP contribution in [0.2, 0.25) is 0 Å². The normalized spacial score (nSPS) is 22.5. The first-order valence-corrected chi connectivity index (χ1v) is 12.6. The molecule has 11 heteroatoms. The van der Waals surface area contributed by atoms with E-state index in [0.29, 0.717) is 32.7 Å². The van der Waals surface area contributed by atoms with E-state index in [-0.39, 0.29) is 34.1 Å². The zero-order valence-corrected chi connectivity index (χ0v) is 19.3. The average molecular weight is 480 g/mol. The van der Waals surface area contributed by atoms with Crippen molar-refractivity contribution in [2.24, 2.45) is 5.92 Å². The largest absolute Gasteiger partial charge is 0.465 e. The van der Waals surface area contributed by atoms with Crippen molar-refractivity contribution >= 4 is 33.2 Å². The van der Waals surface area contributed by atoms with Crippen LogP contribution in [0.5, 0.6) is 0 Å². The lowest BCUT2D eigenvalue weighted by atomic mass is 9.85. The molecule has 0 unspecified atom stereocenters. The lowest BCUT2D eigenvalue weighted by Gasteiger charge is -2.39. The summed E-state index contributed by atoms with van der Waals surface area (Å²) in [5, 5.41) is 0. The monoisotopic (exact) mass is 479 g/mol. The molecule has 172 valence electrons. The second-order valence-corrected chi connectivity index (χ2v) is 10.9. The number of carbonyl (C=O) groups excluding carboxylic acids is 2. The third kappa shape index (κ3) is 4.70. The van der Waals surface area contributed by atoms with Crippen molar-refractivity contribution in [3.05, 3.63) is 47.0 Å². The molecule has 2 aliphatic rings. The number of piperidine rings is 1. The second kappa shape index (κ2) is 9.65. The predicted octanol–water partition coefficient (Wildman–Crippen LogP) is 1.58. The highest BCUT2D eigenvalue weighted by Crippen LogP contribution is 2.35. The summed E-state index contributed by atoms with van der Waals surface area (Å²) in [5.74, 6) is -1.29. The molecule has 2 saturated heterocycles. The molecule has 0 N–H and O–H groups in total. The Labute approximate surface area is 191 Å². The number of thiazole rings is 1. The average Bonchev–Trinajstić information content (AvgIpc) is 3.35. The number of rotatable bonds is 5. The van der Waals surface area contributed by atoms with Gasteiger partial charge >= 0.3 is 5.97 Å². The van der Waals surface area contributed by atoms with Crippen molar-refractivity contribution in [2.75, 3.05) is 46.5 Å². The highest BCUT2D eigenvalue weighted by Gasteiger charge is 2.41. The molecular formula is C21H25N3O6S2. The predicted molar refractivity (Wildman–Crippen MR) is 117 cm³/mol. The number of aromatic nitrogens is 1. The molecule has 0 spiro atoms. The Balaban J connectivity index is 1.62. The molecule has 3 heterocycles. The summed E-state index contributed by atoms with van der Waals surface area (Å²) >= 11 is 0.774. The number of hydrogen-bond donors (Lipinski definition) is 0. The first kappa shape index (κ1) is 22.8. The summed E-state index contributed by atoms with van der Waals surface area (Å²) < 4.78 is 38.0. The van der Waals surface area contributed by atoms with Gasteiger partial charge in [0.05, 0.1) is 32.4 Å². The summed E-state index contributed by atoms with van der Waals surface area (Å²) in [6.45, 7) is 2.30. The zero-order chi connectivity index (χ0) is 22.7. The van der Waals surface area contributed by atoms with E-state index in [2.05, 4.69) is 9.72 Å². The van der Waals surface area contributed by atoms with Crippen LogP contribution in [0.1, 0.15) is 27.6 Å². The molecule has 2 fully saturated rings. The molecule has 0 aliphatic carbocycles. The summed E-state index contributed by atoms with van der Waals surface area (Å²) in [4.78, 5) is 30.8. The Morgan fingerprint density at radius 3 is 2.56 bits per heavy atom. The maximum absolute atomic E-state index is 13.4. The van der Waals surface area contributed by atoms with Crippen LogP contribution in [0.4, 0.5) is 0 Å². The molecule has 2 aromatic rings. The number of morpholine rings is 1. The van der Waals surface area contributed by atoms with Crippen LogP contribution >= 0.6 is 11.3 Å². The third-order valence-electron chi connectivity index (χ3n) is 5.79. The fraction of sp³-hybridized carbons (Fsp3) is 0.476. The summed E-state index contributed by atoms with van der Waals surface area (Å²) in [5.41, 5.74) is 0.988. The molecule has 9 nitrogen and oxygen atoms in total. The van der Waals surface area contributed by atoms with Crippen LogP contribution in [0.3, 0.4) is 0 Å². The molecule has 4 rings (SSSR count). The molecule has 2 atom stereocenters. The Morgan fingerprint density at radius 2 is 1.88 bits per heavy atom. The van der Waals surface area contributed by atoms with Crippen molar-refractivity contribution in [1.29, 1.82) is 0 Å². The van der Waals surface area contributed by atoms with Gasteiger partial charge in [-0.15, -0.1) is 0 Å². The topological polar surface area (TPSA) is 106 Å². The van der Waals surface area contributed by atoms with Gasteiger partial charge in [0.1, 0.15) is 4.88 Å². The van der Waals surface area contributed by atoms with Crippen molar-refractivity contribution in [3.63, 3.8) is 0 Å². The van der Waals surface area contributed by atoms with Gasteiger partial charge in [0, 0.05) is 26.2 Å². The molecule has 1 aromatic carbocycles. The Morgan fingerprint density at radius 1 is 1.16 bits per heavy atom. The minimum Gasteiger partial charge on any atom is -0.465 e. The minimum atomic E-state index is -3.98. The first-order valence-electron chi connectivity index (χ1n) is 10.4. The number of esters is 1. The minimum absolute atomic E-state index is 0.0523. The van der Waals surface area contributed by atoms with Crippen LogP contribution in [0.15, 0.2) is 40.9 Å². The highest BCUT2D eigenvalue weighted by atomic mass is 32.2. The van der Waals surface area contributed by atoms with Gasteiger partial charge in [-0.05, 0) is 17.9 Å². The van der Waals surface area contributed by atoms with Gasteiger partial charge in [0.15, 0.2) is 0 Å². The number of carbonyl (C=O) groups is 2. The van der Waals surface area contributed by atoms with Gasteiger partial charge < -0.3 is 14.4 Å². The Hall–Kier alpha value is -2.34. The molecule has 0 bridgehead atoms. The lowest BCUT2D eigenvalue weighted by Crippen LogP contribution is -2.51. The number of nitrogens with zero attached hydrogens (tertiary/aromatic N) is 3. The fourth-order valence-electron chi connectivity index (χ4n) is 4.13. The number of amides is 1. The standard InChI is InChI=1S/C21H25N3O6S2/c1-29-20(26)18-12-22-21(31-18)32(27,28)24-13-16(15-5-3-2-4-6-15)11-17(14-24)19(25)23-7-9-30-10-8-23/h2-6,12,16-17H,7-11,13-14H2,1H3/t16-,17+/m1/s1. The van der Waals surface area contributed by atoms with Crippen LogP contribution < -0.4 is 0 Å². The maximum Gasteiger partial charge on any atom is 0.349 e. The SMILES string of the molecule is COC(=O)c1cnc(S(=O)(=O)N2C[C@@H](C(=O)N3CCOCC3)C[C@@H](c3ccccc3)C2)s1. The molecule has 0 saturated carbocycles. The highest BCUT2D eigenvalue weighted by molar-refractivity contribution is 7.91. The van der Waals surface area contributed by atoms with E-state index < -0.39 is 21.9 Å². The molecule has 2 aliphatic heterocycles. The molecule has 1 aromatic heterocycles. The van der Waals surface area contributed by atoms with E-state index in [9.17, 15) is 18.0 Å².